The molecule has 0 bridgehead atoms. The average molecular weight is 453 g/mol. The van der Waals surface area contributed by atoms with Crippen LogP contribution in [0, 0.1) is 11.6 Å². The first-order chi connectivity index (χ1) is 15.2. The molecule has 0 aliphatic carbocycles. The predicted octanol–water partition coefficient (Wildman–Crippen LogP) is 3.45. The highest BCUT2D eigenvalue weighted by molar-refractivity contribution is 5.32. The topological polar surface area (TPSA) is 86.0 Å². The number of hydrogen-bond donors (Lipinski definition) is 1. The molecule has 0 amide bonds. The number of rotatable bonds is 10. The Morgan fingerprint density at radius 1 is 1.16 bits per heavy atom. The van der Waals surface area contributed by atoms with Crippen molar-refractivity contribution < 1.29 is 27.4 Å². The van der Waals surface area contributed by atoms with Crippen molar-refractivity contribution in [1.82, 2.24) is 25.2 Å². The lowest BCUT2D eigenvalue weighted by molar-refractivity contribution is -0.131. The summed E-state index contributed by atoms with van der Waals surface area (Å²) in [4.78, 5) is 4.22. The summed E-state index contributed by atoms with van der Waals surface area (Å²) >= 11 is 0. The van der Waals surface area contributed by atoms with Gasteiger partial charge in [0.1, 0.15) is 24.0 Å². The molecule has 0 saturated heterocycles. The van der Waals surface area contributed by atoms with E-state index in [1.165, 1.54) is 12.3 Å². The fraction of sp³-hybridized carbons (Fsp3) is 0.429. The normalized spacial score (nSPS) is 14.7. The molecule has 2 heterocycles. The standard InChI is InChI=1S/C21H23F4N5O2/c1-13(2)32-9-3-4-14-5-8-18(26-11-14)19(30-12-27-28-29-30)21(31,20(24)25)16-7-6-15(22)10-17(16)23/h5-8,10-13,19-20,31H,3-4,9H2,1-2H3. The molecule has 2 atom stereocenters. The summed E-state index contributed by atoms with van der Waals surface area (Å²) in [6.45, 7) is 4.43. The summed E-state index contributed by atoms with van der Waals surface area (Å²) in [5, 5.41) is 21.6. The molecule has 32 heavy (non-hydrogen) atoms. The quantitative estimate of drug-likeness (QED) is 0.374. The zero-order chi connectivity index (χ0) is 23.3. The molecule has 2 unspecified atom stereocenters. The highest BCUT2D eigenvalue weighted by Gasteiger charge is 2.51. The highest BCUT2D eigenvalue weighted by atomic mass is 19.3. The van der Waals surface area contributed by atoms with Gasteiger partial charge in [-0.25, -0.2) is 22.2 Å². The largest absolute Gasteiger partial charge is 0.379 e. The van der Waals surface area contributed by atoms with Crippen molar-refractivity contribution in [3.8, 4) is 0 Å². The van der Waals surface area contributed by atoms with Crippen LogP contribution >= 0.6 is 0 Å². The highest BCUT2D eigenvalue weighted by Crippen LogP contribution is 2.42. The molecule has 0 radical (unpaired) electrons. The fourth-order valence-electron chi connectivity index (χ4n) is 3.39. The average Bonchev–Trinajstić information content (AvgIpc) is 3.26. The summed E-state index contributed by atoms with van der Waals surface area (Å²) in [5.74, 6) is -2.29. The van der Waals surface area contributed by atoms with Gasteiger partial charge in [-0.3, -0.25) is 4.98 Å². The van der Waals surface area contributed by atoms with Gasteiger partial charge in [0.15, 0.2) is 5.60 Å². The van der Waals surface area contributed by atoms with Crippen molar-refractivity contribution in [2.75, 3.05) is 6.61 Å². The van der Waals surface area contributed by atoms with E-state index in [4.69, 9.17) is 4.74 Å². The van der Waals surface area contributed by atoms with Gasteiger partial charge in [0, 0.05) is 24.4 Å². The van der Waals surface area contributed by atoms with Gasteiger partial charge in [0.2, 0.25) is 0 Å². The van der Waals surface area contributed by atoms with E-state index in [1.54, 1.807) is 6.07 Å². The van der Waals surface area contributed by atoms with Crippen LogP contribution in [-0.4, -0.2) is 49.4 Å². The number of nitrogens with zero attached hydrogens (tertiary/aromatic N) is 5. The number of benzene rings is 1. The van der Waals surface area contributed by atoms with Crippen molar-refractivity contribution in [3.63, 3.8) is 0 Å². The molecular formula is C21H23F4N5O2. The van der Waals surface area contributed by atoms with Crippen LogP contribution in [-0.2, 0) is 16.8 Å². The van der Waals surface area contributed by atoms with Crippen LogP contribution < -0.4 is 0 Å². The minimum atomic E-state index is -3.48. The third kappa shape index (κ3) is 5.10. The van der Waals surface area contributed by atoms with Crippen molar-refractivity contribution in [2.24, 2.45) is 0 Å². The smallest absolute Gasteiger partial charge is 0.273 e. The van der Waals surface area contributed by atoms with Gasteiger partial charge in [-0.1, -0.05) is 6.07 Å². The number of tetrazole rings is 1. The summed E-state index contributed by atoms with van der Waals surface area (Å²) in [6.07, 6.45) is 0.504. The molecule has 172 valence electrons. The first kappa shape index (κ1) is 23.7. The SMILES string of the molecule is CC(C)OCCCc1ccc(C(n2cnnn2)C(O)(c2ccc(F)cc2F)C(F)F)nc1. The Balaban J connectivity index is 1.98. The van der Waals surface area contributed by atoms with Crippen LogP contribution in [0.1, 0.15) is 43.1 Å². The van der Waals surface area contributed by atoms with Crippen LogP contribution in [0.3, 0.4) is 0 Å². The molecule has 7 nitrogen and oxygen atoms in total. The van der Waals surface area contributed by atoms with Gasteiger partial charge >= 0.3 is 0 Å². The van der Waals surface area contributed by atoms with Crippen LogP contribution in [0.2, 0.25) is 0 Å². The van der Waals surface area contributed by atoms with Gasteiger partial charge in [-0.05, 0) is 60.9 Å². The summed E-state index contributed by atoms with van der Waals surface area (Å²) in [7, 11) is 0. The predicted molar refractivity (Wildman–Crippen MR) is 106 cm³/mol. The molecule has 3 aromatic rings. The lowest BCUT2D eigenvalue weighted by Crippen LogP contribution is -2.45. The van der Waals surface area contributed by atoms with Gasteiger partial charge in [-0.2, -0.15) is 0 Å². The molecule has 0 spiro atoms. The Labute approximate surface area is 182 Å². The van der Waals surface area contributed by atoms with E-state index < -0.39 is 35.3 Å². The van der Waals surface area contributed by atoms with Gasteiger partial charge in [-0.15, -0.1) is 5.10 Å². The maximum atomic E-state index is 14.5. The summed E-state index contributed by atoms with van der Waals surface area (Å²) in [6, 6.07) is 3.42. The molecule has 3 rings (SSSR count). The number of ether oxygens (including phenoxy) is 1. The van der Waals surface area contributed by atoms with Crippen molar-refractivity contribution >= 4 is 0 Å². The van der Waals surface area contributed by atoms with Crippen molar-refractivity contribution in [3.05, 3.63) is 71.3 Å². The number of hydrogen-bond acceptors (Lipinski definition) is 6. The van der Waals surface area contributed by atoms with Crippen molar-refractivity contribution in [2.45, 2.75) is 50.9 Å². The lowest BCUT2D eigenvalue weighted by atomic mass is 9.84. The zero-order valence-electron chi connectivity index (χ0n) is 17.5. The molecule has 0 saturated carbocycles. The minimum Gasteiger partial charge on any atom is -0.379 e. The third-order valence-corrected chi connectivity index (χ3v) is 4.93. The minimum absolute atomic E-state index is 0.0222. The summed E-state index contributed by atoms with van der Waals surface area (Å²) in [5.41, 5.74) is -3.13. The molecule has 11 heteroatoms. The second kappa shape index (κ2) is 10.1. The second-order valence-corrected chi connectivity index (χ2v) is 7.56. The fourth-order valence-corrected chi connectivity index (χ4v) is 3.39. The molecule has 0 aliphatic rings. The number of aromatic nitrogens is 5. The Morgan fingerprint density at radius 3 is 2.50 bits per heavy atom. The first-order valence-electron chi connectivity index (χ1n) is 9.98. The number of aliphatic hydroxyl groups is 1. The molecule has 0 fully saturated rings. The maximum absolute atomic E-state index is 14.5. The number of pyridine rings is 1. The summed E-state index contributed by atoms with van der Waals surface area (Å²) < 4.78 is 62.8. The molecule has 1 aromatic carbocycles. The second-order valence-electron chi connectivity index (χ2n) is 7.56. The Hall–Kier alpha value is -2.92. The Bertz CT molecular complexity index is 1000. The monoisotopic (exact) mass is 453 g/mol. The van der Waals surface area contributed by atoms with E-state index in [0.717, 1.165) is 35.1 Å². The van der Waals surface area contributed by atoms with Gasteiger partial charge < -0.3 is 9.84 Å². The Morgan fingerprint density at radius 2 is 1.94 bits per heavy atom. The van der Waals surface area contributed by atoms with Crippen LogP contribution in [0.5, 0.6) is 0 Å². The van der Waals surface area contributed by atoms with Crippen LogP contribution in [0.25, 0.3) is 0 Å². The van der Waals surface area contributed by atoms with E-state index in [0.29, 0.717) is 19.1 Å². The molecular weight excluding hydrogens is 430 g/mol. The van der Waals surface area contributed by atoms with E-state index in [-0.39, 0.29) is 11.8 Å². The molecule has 1 N–H and O–H groups in total. The van der Waals surface area contributed by atoms with E-state index in [9.17, 15) is 22.7 Å². The van der Waals surface area contributed by atoms with Crippen LogP contribution in [0.4, 0.5) is 17.6 Å². The van der Waals surface area contributed by atoms with Crippen molar-refractivity contribution in [1.29, 1.82) is 0 Å². The zero-order valence-corrected chi connectivity index (χ0v) is 17.5. The van der Waals surface area contributed by atoms with E-state index in [1.807, 2.05) is 13.8 Å². The lowest BCUT2D eigenvalue weighted by Gasteiger charge is -2.35. The first-order valence-corrected chi connectivity index (χ1v) is 9.98. The maximum Gasteiger partial charge on any atom is 0.273 e. The van der Waals surface area contributed by atoms with E-state index >= 15 is 0 Å². The third-order valence-electron chi connectivity index (χ3n) is 4.93. The van der Waals surface area contributed by atoms with Crippen LogP contribution in [0.15, 0.2) is 42.9 Å². The molecule has 2 aromatic heterocycles. The number of halogens is 4. The number of alkyl halides is 2. The Kier molecular flexibility index (Phi) is 7.52. The number of aryl methyl sites for hydroxylation is 1. The van der Waals surface area contributed by atoms with Gasteiger partial charge in [0.05, 0.1) is 11.8 Å². The molecule has 0 aliphatic heterocycles. The van der Waals surface area contributed by atoms with Gasteiger partial charge in [0.25, 0.3) is 6.43 Å². The van der Waals surface area contributed by atoms with E-state index in [2.05, 4.69) is 20.5 Å².